The van der Waals surface area contributed by atoms with Crippen molar-refractivity contribution in [3.63, 3.8) is 0 Å². The van der Waals surface area contributed by atoms with Crippen LogP contribution in [-0.2, 0) is 7.05 Å². The van der Waals surface area contributed by atoms with Crippen LogP contribution in [0.1, 0.15) is 11.3 Å². The average molecular weight is 339 g/mol. The maximum atomic E-state index is 7.52. The van der Waals surface area contributed by atoms with Crippen LogP contribution < -0.4 is 4.57 Å². The molecule has 4 nitrogen and oxygen atoms in total. The molecule has 0 fully saturated rings. The minimum Gasteiger partial charge on any atom is -0.334 e. The zero-order valence-corrected chi connectivity index (χ0v) is 15.1. The molecular weight excluding hydrogens is 320 g/mol. The summed E-state index contributed by atoms with van der Waals surface area (Å²) in [6.45, 7) is 11.7. The summed E-state index contributed by atoms with van der Waals surface area (Å²) in [4.78, 5) is 8.17. The lowest BCUT2D eigenvalue weighted by molar-refractivity contribution is -0.601. The van der Waals surface area contributed by atoms with Crippen LogP contribution in [0.5, 0.6) is 0 Å². The first-order chi connectivity index (χ1) is 12.6. The molecule has 2 aromatic carbocycles. The van der Waals surface area contributed by atoms with Gasteiger partial charge in [0.15, 0.2) is 17.6 Å². The second kappa shape index (κ2) is 6.12. The second-order valence-electron chi connectivity index (χ2n) is 6.52. The largest absolute Gasteiger partial charge is 0.334 e. The van der Waals surface area contributed by atoms with Crippen molar-refractivity contribution in [1.82, 2.24) is 9.55 Å². The Hall–Kier alpha value is -3.45. The maximum absolute atomic E-state index is 7.52. The van der Waals surface area contributed by atoms with E-state index in [1.807, 2.05) is 36.0 Å². The van der Waals surface area contributed by atoms with E-state index in [2.05, 4.69) is 58.7 Å². The van der Waals surface area contributed by atoms with Gasteiger partial charge in [-0.3, -0.25) is 0 Å². The molecule has 126 valence electrons. The molecule has 4 rings (SSSR count). The molecule has 2 aromatic heterocycles. The Bertz CT molecular complexity index is 1180. The highest BCUT2D eigenvalue weighted by Gasteiger charge is 2.20. The molecule has 4 aromatic rings. The monoisotopic (exact) mass is 339 g/mol. The number of pyridine rings is 1. The highest BCUT2D eigenvalue weighted by atomic mass is 15.0. The van der Waals surface area contributed by atoms with E-state index >= 15 is 0 Å². The minimum absolute atomic E-state index is 0.614. The van der Waals surface area contributed by atoms with E-state index in [1.165, 1.54) is 10.8 Å². The quantitative estimate of drug-likeness (QED) is 0.384. The van der Waals surface area contributed by atoms with Crippen molar-refractivity contribution in [2.75, 3.05) is 0 Å². The minimum atomic E-state index is 0.614. The predicted octanol–water partition coefficient (Wildman–Crippen LogP) is 4.68. The summed E-state index contributed by atoms with van der Waals surface area (Å²) in [6.07, 6.45) is 5.85. The van der Waals surface area contributed by atoms with Crippen molar-refractivity contribution < 1.29 is 4.57 Å². The van der Waals surface area contributed by atoms with Crippen LogP contribution >= 0.6 is 0 Å². The fourth-order valence-corrected chi connectivity index (χ4v) is 3.41. The molecule has 0 saturated carbocycles. The van der Waals surface area contributed by atoms with Crippen molar-refractivity contribution in [2.45, 2.75) is 13.8 Å². The summed E-state index contributed by atoms with van der Waals surface area (Å²) in [5.41, 5.74) is 4.85. The molecule has 0 spiro atoms. The van der Waals surface area contributed by atoms with Gasteiger partial charge in [-0.2, -0.15) is 4.57 Å². The number of fused-ring (bicyclic) bond motifs is 1. The second-order valence-corrected chi connectivity index (χ2v) is 6.52. The highest BCUT2D eigenvalue weighted by molar-refractivity contribution is 5.81. The van der Waals surface area contributed by atoms with E-state index in [9.17, 15) is 0 Å². The van der Waals surface area contributed by atoms with E-state index in [4.69, 9.17) is 6.57 Å². The van der Waals surface area contributed by atoms with Gasteiger partial charge in [-0.25, -0.2) is 9.83 Å². The number of benzene rings is 2. The number of rotatable bonds is 2. The summed E-state index contributed by atoms with van der Waals surface area (Å²) in [5, 5.41) is 2.38. The third kappa shape index (κ3) is 2.55. The summed E-state index contributed by atoms with van der Waals surface area (Å²) in [7, 11) is 1.97. The van der Waals surface area contributed by atoms with Gasteiger partial charge in [-0.1, -0.05) is 18.2 Å². The van der Waals surface area contributed by atoms with Crippen LogP contribution in [-0.4, -0.2) is 9.55 Å². The van der Waals surface area contributed by atoms with E-state index in [0.717, 1.165) is 28.3 Å². The number of aromatic nitrogens is 3. The number of hydrogen-bond donors (Lipinski definition) is 0. The van der Waals surface area contributed by atoms with E-state index in [1.54, 1.807) is 6.20 Å². The molecule has 0 aliphatic heterocycles. The predicted molar refractivity (Wildman–Crippen MR) is 103 cm³/mol. The van der Waals surface area contributed by atoms with Crippen molar-refractivity contribution in [2.24, 2.45) is 7.05 Å². The Kier molecular flexibility index (Phi) is 3.78. The van der Waals surface area contributed by atoms with Crippen molar-refractivity contribution in [3.05, 3.63) is 83.7 Å². The molecule has 4 heteroatoms. The fraction of sp³-hybridized carbons (Fsp3) is 0.136. The lowest BCUT2D eigenvalue weighted by atomic mass is 10.0. The molecule has 0 aliphatic carbocycles. The molecule has 2 heterocycles. The van der Waals surface area contributed by atoms with Crippen LogP contribution in [0.2, 0.25) is 0 Å². The third-order valence-electron chi connectivity index (χ3n) is 4.82. The molecular formula is C22H19N4+. The smallest absolute Gasteiger partial charge is 0.204 e. The molecule has 0 saturated heterocycles. The molecule has 26 heavy (non-hydrogen) atoms. The third-order valence-corrected chi connectivity index (χ3v) is 4.82. The van der Waals surface area contributed by atoms with E-state index in [-0.39, 0.29) is 0 Å². The first-order valence-electron chi connectivity index (χ1n) is 8.49. The summed E-state index contributed by atoms with van der Waals surface area (Å²) >= 11 is 0. The normalized spacial score (nSPS) is 10.8. The van der Waals surface area contributed by atoms with Crippen LogP contribution in [0.3, 0.4) is 0 Å². The van der Waals surface area contributed by atoms with Crippen molar-refractivity contribution in [1.29, 1.82) is 0 Å². The SMILES string of the molecule is [C-]#[N+]c1cc(-c2nccn2C)c(C)c(-[n+]2cc3ccccc3cc2C)c1. The molecule has 0 amide bonds. The first kappa shape index (κ1) is 16.0. The molecule has 0 atom stereocenters. The van der Waals surface area contributed by atoms with E-state index < -0.39 is 0 Å². The Morgan fingerprint density at radius 1 is 1.08 bits per heavy atom. The van der Waals surface area contributed by atoms with Crippen molar-refractivity contribution >= 4 is 16.5 Å². The van der Waals surface area contributed by atoms with Gasteiger partial charge in [-0.05, 0) is 24.4 Å². The van der Waals surface area contributed by atoms with Gasteiger partial charge in [-0.15, -0.1) is 0 Å². The Morgan fingerprint density at radius 3 is 2.54 bits per heavy atom. The number of nitrogens with zero attached hydrogens (tertiary/aromatic N) is 4. The van der Waals surface area contributed by atoms with Gasteiger partial charge in [0.1, 0.15) is 5.82 Å². The van der Waals surface area contributed by atoms with Gasteiger partial charge >= 0.3 is 0 Å². The highest BCUT2D eigenvalue weighted by Crippen LogP contribution is 2.30. The van der Waals surface area contributed by atoms with Crippen molar-refractivity contribution in [3.8, 4) is 17.1 Å². The van der Waals surface area contributed by atoms with Gasteiger partial charge in [0.2, 0.25) is 5.69 Å². The molecule has 0 bridgehead atoms. The van der Waals surface area contributed by atoms with Gasteiger partial charge in [0.05, 0.1) is 6.57 Å². The van der Waals surface area contributed by atoms with Gasteiger partial charge < -0.3 is 4.57 Å². The molecule has 0 radical (unpaired) electrons. The summed E-state index contributed by atoms with van der Waals surface area (Å²) in [6, 6.07) is 14.4. The maximum Gasteiger partial charge on any atom is 0.204 e. The van der Waals surface area contributed by atoms with Gasteiger partial charge in [0.25, 0.3) is 0 Å². The zero-order chi connectivity index (χ0) is 18.3. The Labute approximate surface area is 152 Å². The Balaban J connectivity index is 2.02. The van der Waals surface area contributed by atoms with Crippen LogP contribution in [0.15, 0.2) is 61.1 Å². The zero-order valence-electron chi connectivity index (χ0n) is 15.1. The average Bonchev–Trinajstić information content (AvgIpc) is 3.07. The lowest BCUT2D eigenvalue weighted by Crippen LogP contribution is -2.34. The topological polar surface area (TPSA) is 26.1 Å². The van der Waals surface area contributed by atoms with Crippen LogP contribution in [0.4, 0.5) is 5.69 Å². The molecule has 0 N–H and O–H groups in total. The lowest BCUT2D eigenvalue weighted by Gasteiger charge is -2.11. The number of hydrogen-bond acceptors (Lipinski definition) is 1. The molecule has 0 unspecified atom stereocenters. The van der Waals surface area contributed by atoms with Gasteiger partial charge in [0, 0.05) is 55.0 Å². The fourth-order valence-electron chi connectivity index (χ4n) is 3.41. The summed E-state index contributed by atoms with van der Waals surface area (Å²) in [5.74, 6) is 0.869. The Morgan fingerprint density at radius 2 is 1.85 bits per heavy atom. The first-order valence-corrected chi connectivity index (χ1v) is 8.49. The van der Waals surface area contributed by atoms with Crippen LogP contribution in [0, 0.1) is 20.4 Å². The van der Waals surface area contributed by atoms with Crippen LogP contribution in [0.25, 0.3) is 32.7 Å². The summed E-state index contributed by atoms with van der Waals surface area (Å²) < 4.78 is 4.15. The number of aryl methyl sites for hydroxylation is 2. The van der Waals surface area contributed by atoms with E-state index in [0.29, 0.717) is 5.69 Å². The molecule has 0 aliphatic rings. The number of imidazole rings is 1. The standard InChI is InChI=1S/C22H19N4/c1-15-11-17-7-5-6-8-18(17)14-26(15)21-13-19(23-3)12-20(16(21)2)22-24-9-10-25(22)4/h5-14H,1-2,4H3/q+1.